The summed E-state index contributed by atoms with van der Waals surface area (Å²) in [4.78, 5) is 18.9. The molecular weight excluding hydrogens is 481 g/mol. The highest BCUT2D eigenvalue weighted by atomic mass is 35.5. The number of hydrogen-bond acceptors (Lipinski definition) is 7. The molecule has 1 aromatic carbocycles. The SMILES string of the molecule is Cc1cc(S(=O)(=O)NC2=NCC(C)(C)CN2)c(SCC(=O)NCCN(C)C)cc1Cl.Cl. The van der Waals surface area contributed by atoms with E-state index in [4.69, 9.17) is 11.6 Å². The fraction of sp³-hybridized carbons (Fsp3) is 0.579. The molecule has 0 spiro atoms. The van der Waals surface area contributed by atoms with Crippen molar-refractivity contribution in [2.45, 2.75) is 30.6 Å². The number of carbonyl (C=O) groups excluding carboxylic acids is 1. The van der Waals surface area contributed by atoms with Crippen molar-refractivity contribution in [1.82, 2.24) is 20.3 Å². The van der Waals surface area contributed by atoms with Gasteiger partial charge in [0, 0.05) is 41.5 Å². The lowest BCUT2D eigenvalue weighted by Gasteiger charge is -2.29. The van der Waals surface area contributed by atoms with E-state index >= 15 is 0 Å². The quantitative estimate of drug-likeness (QED) is 0.461. The average Bonchev–Trinajstić information content (AvgIpc) is 2.63. The Balaban J connectivity index is 0.00000480. The highest BCUT2D eigenvalue weighted by Crippen LogP contribution is 2.32. The number of rotatable bonds is 8. The molecule has 176 valence electrons. The van der Waals surface area contributed by atoms with Gasteiger partial charge >= 0.3 is 0 Å². The highest BCUT2D eigenvalue weighted by Gasteiger charge is 2.27. The molecule has 1 heterocycles. The van der Waals surface area contributed by atoms with Crippen LogP contribution in [0.4, 0.5) is 0 Å². The van der Waals surface area contributed by atoms with E-state index in [9.17, 15) is 13.2 Å². The maximum Gasteiger partial charge on any atom is 0.265 e. The van der Waals surface area contributed by atoms with Gasteiger partial charge < -0.3 is 15.5 Å². The number of aryl methyl sites for hydroxylation is 1. The van der Waals surface area contributed by atoms with E-state index in [0.29, 0.717) is 35.1 Å². The van der Waals surface area contributed by atoms with Crippen molar-refractivity contribution in [1.29, 1.82) is 0 Å². The number of carbonyl (C=O) groups is 1. The first kappa shape index (κ1) is 27.8. The molecule has 12 heteroatoms. The van der Waals surface area contributed by atoms with Crippen molar-refractivity contribution >= 4 is 57.7 Å². The van der Waals surface area contributed by atoms with Crippen LogP contribution < -0.4 is 15.4 Å². The number of amides is 1. The standard InChI is InChI=1S/C19H30ClN5O3S2.ClH/c1-13-8-16(30(27,28)24-18-22-11-19(2,3)12-23-18)15(9-14(13)20)29-10-17(26)21-6-7-25(4)5;/h8-9H,6-7,10-12H2,1-5H3,(H,21,26)(H2,22,23,24);1H. The third-order valence-corrected chi connectivity index (χ3v) is 7.36. The van der Waals surface area contributed by atoms with Gasteiger partial charge in [-0.2, -0.15) is 0 Å². The first-order valence-electron chi connectivity index (χ1n) is 9.55. The fourth-order valence-corrected chi connectivity index (χ4v) is 5.23. The summed E-state index contributed by atoms with van der Waals surface area (Å²) in [6.07, 6.45) is 0. The lowest BCUT2D eigenvalue weighted by Crippen LogP contribution is -2.49. The second-order valence-electron chi connectivity index (χ2n) is 8.28. The zero-order chi connectivity index (χ0) is 22.5. The summed E-state index contributed by atoms with van der Waals surface area (Å²) < 4.78 is 28.6. The van der Waals surface area contributed by atoms with Gasteiger partial charge in [-0.25, -0.2) is 13.1 Å². The molecule has 0 aromatic heterocycles. The van der Waals surface area contributed by atoms with E-state index in [1.165, 1.54) is 6.07 Å². The van der Waals surface area contributed by atoms with Crippen LogP contribution in [0.2, 0.25) is 5.02 Å². The van der Waals surface area contributed by atoms with Crippen LogP contribution in [-0.2, 0) is 14.8 Å². The zero-order valence-corrected chi connectivity index (χ0v) is 21.6. The number of halogens is 2. The second-order valence-corrected chi connectivity index (χ2v) is 11.4. The maximum atomic E-state index is 13.0. The summed E-state index contributed by atoms with van der Waals surface area (Å²) in [5.41, 5.74) is 0.601. The fourth-order valence-electron chi connectivity index (χ4n) is 2.55. The predicted molar refractivity (Wildman–Crippen MR) is 130 cm³/mol. The lowest BCUT2D eigenvalue weighted by atomic mass is 9.93. The number of sulfonamides is 1. The Labute approximate surface area is 200 Å². The van der Waals surface area contributed by atoms with E-state index in [1.807, 2.05) is 19.0 Å². The van der Waals surface area contributed by atoms with Gasteiger partial charge in [0.1, 0.15) is 4.90 Å². The van der Waals surface area contributed by atoms with Gasteiger partial charge in [0.15, 0.2) is 0 Å². The Bertz CT molecular complexity index is 921. The summed E-state index contributed by atoms with van der Waals surface area (Å²) in [5.74, 6) is 0.137. The minimum atomic E-state index is -3.90. The van der Waals surface area contributed by atoms with Crippen LogP contribution in [0.5, 0.6) is 0 Å². The molecule has 0 unspecified atom stereocenters. The molecule has 0 saturated heterocycles. The van der Waals surface area contributed by atoms with E-state index in [1.54, 1.807) is 13.0 Å². The van der Waals surface area contributed by atoms with Crippen LogP contribution in [0, 0.1) is 12.3 Å². The molecule has 0 bridgehead atoms. The normalized spacial score (nSPS) is 15.5. The van der Waals surface area contributed by atoms with E-state index in [2.05, 4.69) is 34.2 Å². The highest BCUT2D eigenvalue weighted by molar-refractivity contribution is 8.00. The molecule has 1 aromatic rings. The number of thioether (sulfide) groups is 1. The van der Waals surface area contributed by atoms with Crippen molar-refractivity contribution in [2.75, 3.05) is 46.0 Å². The van der Waals surface area contributed by atoms with Gasteiger partial charge in [0.2, 0.25) is 11.9 Å². The molecule has 1 amide bonds. The number of nitrogens with one attached hydrogen (secondary N) is 3. The van der Waals surface area contributed by atoms with Gasteiger partial charge in [0.05, 0.1) is 5.75 Å². The molecule has 2 rings (SSSR count). The number of nitrogens with zero attached hydrogens (tertiary/aromatic N) is 2. The largest absolute Gasteiger partial charge is 0.355 e. The second kappa shape index (κ2) is 11.6. The van der Waals surface area contributed by atoms with Gasteiger partial charge in [-0.15, -0.1) is 24.2 Å². The first-order valence-corrected chi connectivity index (χ1v) is 12.4. The Morgan fingerprint density at radius 3 is 2.61 bits per heavy atom. The van der Waals surface area contributed by atoms with Crippen molar-refractivity contribution in [3.8, 4) is 0 Å². The predicted octanol–water partition coefficient (Wildman–Crippen LogP) is 2.10. The molecule has 1 aliphatic rings. The molecule has 0 aliphatic carbocycles. The minimum Gasteiger partial charge on any atom is -0.355 e. The Morgan fingerprint density at radius 2 is 2.03 bits per heavy atom. The third-order valence-electron chi connectivity index (χ3n) is 4.39. The summed E-state index contributed by atoms with van der Waals surface area (Å²) in [6, 6.07) is 3.10. The monoisotopic (exact) mass is 511 g/mol. The topological polar surface area (TPSA) is 103 Å². The number of guanidine groups is 1. The van der Waals surface area contributed by atoms with Gasteiger partial charge in [-0.05, 0) is 38.7 Å². The van der Waals surface area contributed by atoms with Crippen LogP contribution >= 0.6 is 35.8 Å². The molecule has 0 radical (unpaired) electrons. The van der Waals surface area contributed by atoms with Crippen molar-refractivity contribution in [3.05, 3.63) is 22.7 Å². The molecule has 0 saturated carbocycles. The number of likely N-dealkylation sites (N-methyl/N-ethyl adjacent to an activating group) is 1. The maximum absolute atomic E-state index is 13.0. The van der Waals surface area contributed by atoms with Crippen LogP contribution in [0.3, 0.4) is 0 Å². The Morgan fingerprint density at radius 1 is 1.35 bits per heavy atom. The summed E-state index contributed by atoms with van der Waals surface area (Å²) in [7, 11) is -0.0595. The van der Waals surface area contributed by atoms with Crippen LogP contribution in [-0.4, -0.2) is 71.2 Å². The number of hydrogen-bond donors (Lipinski definition) is 3. The molecule has 8 nitrogen and oxygen atoms in total. The summed E-state index contributed by atoms with van der Waals surface area (Å²) in [6.45, 7) is 8.22. The molecule has 1 aliphatic heterocycles. The van der Waals surface area contributed by atoms with Crippen LogP contribution in [0.1, 0.15) is 19.4 Å². The Kier molecular flexibility index (Phi) is 10.4. The summed E-state index contributed by atoms with van der Waals surface area (Å²) in [5, 5.41) is 6.28. The molecular formula is C19H31Cl2N5O3S2. The minimum absolute atomic E-state index is 0. The molecule has 3 N–H and O–H groups in total. The lowest BCUT2D eigenvalue weighted by molar-refractivity contribution is -0.118. The van der Waals surface area contributed by atoms with Crippen molar-refractivity contribution in [2.24, 2.45) is 10.4 Å². The van der Waals surface area contributed by atoms with E-state index in [0.717, 1.165) is 18.3 Å². The smallest absolute Gasteiger partial charge is 0.265 e. The molecule has 0 fully saturated rings. The third kappa shape index (κ3) is 8.69. The molecule has 0 atom stereocenters. The van der Waals surface area contributed by atoms with E-state index in [-0.39, 0.29) is 40.3 Å². The summed E-state index contributed by atoms with van der Waals surface area (Å²) >= 11 is 7.36. The Hall–Kier alpha value is -1.20. The number of benzene rings is 1. The van der Waals surface area contributed by atoms with Crippen LogP contribution in [0.15, 0.2) is 26.9 Å². The molecule has 31 heavy (non-hydrogen) atoms. The van der Waals surface area contributed by atoms with Gasteiger partial charge in [0.25, 0.3) is 10.0 Å². The van der Waals surface area contributed by atoms with E-state index < -0.39 is 10.0 Å². The van der Waals surface area contributed by atoms with Crippen LogP contribution in [0.25, 0.3) is 0 Å². The van der Waals surface area contributed by atoms with Gasteiger partial charge in [-0.3, -0.25) is 9.79 Å². The van der Waals surface area contributed by atoms with Crippen molar-refractivity contribution < 1.29 is 13.2 Å². The first-order chi connectivity index (χ1) is 13.9. The van der Waals surface area contributed by atoms with Gasteiger partial charge in [-0.1, -0.05) is 25.4 Å². The van der Waals surface area contributed by atoms with Crippen molar-refractivity contribution in [3.63, 3.8) is 0 Å². The number of aliphatic imine (C=N–C) groups is 1. The zero-order valence-electron chi connectivity index (χ0n) is 18.4. The average molecular weight is 513 g/mol.